The molecule has 3 heterocycles. The molecular weight excluding hydrogens is 302 g/mol. The second kappa shape index (κ2) is 7.21. The van der Waals surface area contributed by atoms with Gasteiger partial charge in [-0.2, -0.15) is 0 Å². The van der Waals surface area contributed by atoms with Crippen molar-refractivity contribution in [2.45, 2.75) is 26.8 Å². The molecule has 0 radical (unpaired) electrons. The van der Waals surface area contributed by atoms with E-state index in [-0.39, 0.29) is 5.91 Å². The van der Waals surface area contributed by atoms with Gasteiger partial charge < -0.3 is 9.88 Å². The van der Waals surface area contributed by atoms with Crippen molar-refractivity contribution >= 4 is 17.1 Å². The Hall–Kier alpha value is -2.76. The average molecular weight is 323 g/mol. The van der Waals surface area contributed by atoms with Crippen molar-refractivity contribution in [3.63, 3.8) is 0 Å². The third-order valence-electron chi connectivity index (χ3n) is 3.70. The Kier molecular flexibility index (Phi) is 4.84. The molecule has 3 aromatic heterocycles. The summed E-state index contributed by atoms with van der Waals surface area (Å²) in [7, 11) is 0. The van der Waals surface area contributed by atoms with Crippen molar-refractivity contribution in [1.82, 2.24) is 24.8 Å². The van der Waals surface area contributed by atoms with E-state index in [1.165, 1.54) is 0 Å². The summed E-state index contributed by atoms with van der Waals surface area (Å²) in [5.41, 5.74) is 3.19. The number of imidazole rings is 1. The van der Waals surface area contributed by atoms with Crippen molar-refractivity contribution in [2.75, 3.05) is 6.54 Å². The molecule has 0 saturated heterocycles. The monoisotopic (exact) mass is 323 g/mol. The van der Waals surface area contributed by atoms with E-state index in [1.54, 1.807) is 31.0 Å². The van der Waals surface area contributed by atoms with Gasteiger partial charge in [-0.15, -0.1) is 0 Å². The third-order valence-corrected chi connectivity index (χ3v) is 3.70. The number of nitrogens with zero attached hydrogens (tertiary/aromatic N) is 4. The molecule has 0 aliphatic rings. The molecule has 0 bridgehead atoms. The van der Waals surface area contributed by atoms with Gasteiger partial charge in [-0.05, 0) is 30.0 Å². The fourth-order valence-electron chi connectivity index (χ4n) is 2.57. The highest BCUT2D eigenvalue weighted by Crippen LogP contribution is 2.13. The highest BCUT2D eigenvalue weighted by molar-refractivity contribution is 5.96. The van der Waals surface area contributed by atoms with E-state index in [9.17, 15) is 4.79 Å². The predicted molar refractivity (Wildman–Crippen MR) is 92.6 cm³/mol. The molecule has 1 N–H and O–H groups in total. The predicted octanol–water partition coefficient (Wildman–Crippen LogP) is 2.45. The van der Waals surface area contributed by atoms with Gasteiger partial charge in [0.2, 0.25) is 0 Å². The SMILES string of the molecule is CC(C)Cn1cnc2cc(C(=O)NCCc3cccnc3)cnc21. The van der Waals surface area contributed by atoms with Gasteiger partial charge in [-0.3, -0.25) is 9.78 Å². The van der Waals surface area contributed by atoms with E-state index in [2.05, 4.69) is 34.1 Å². The molecule has 0 unspecified atom stereocenters. The molecular formula is C18H21N5O. The summed E-state index contributed by atoms with van der Waals surface area (Å²) < 4.78 is 2.02. The number of rotatable bonds is 6. The maximum atomic E-state index is 12.3. The topological polar surface area (TPSA) is 72.7 Å². The number of hydrogen-bond donors (Lipinski definition) is 1. The number of nitrogens with one attached hydrogen (secondary N) is 1. The van der Waals surface area contributed by atoms with Gasteiger partial charge in [-0.25, -0.2) is 9.97 Å². The first-order valence-electron chi connectivity index (χ1n) is 8.11. The van der Waals surface area contributed by atoms with Crippen LogP contribution in [-0.4, -0.2) is 32.0 Å². The fourth-order valence-corrected chi connectivity index (χ4v) is 2.57. The smallest absolute Gasteiger partial charge is 0.252 e. The van der Waals surface area contributed by atoms with Crippen LogP contribution < -0.4 is 5.32 Å². The van der Waals surface area contributed by atoms with E-state index in [0.29, 0.717) is 18.0 Å². The molecule has 6 heteroatoms. The first-order chi connectivity index (χ1) is 11.6. The van der Waals surface area contributed by atoms with Crippen LogP contribution >= 0.6 is 0 Å². The summed E-state index contributed by atoms with van der Waals surface area (Å²) >= 11 is 0. The van der Waals surface area contributed by atoms with Crippen LogP contribution in [0.4, 0.5) is 0 Å². The second-order valence-corrected chi connectivity index (χ2v) is 6.22. The maximum Gasteiger partial charge on any atom is 0.252 e. The van der Waals surface area contributed by atoms with Gasteiger partial charge in [0.25, 0.3) is 5.91 Å². The van der Waals surface area contributed by atoms with Crippen LogP contribution in [-0.2, 0) is 13.0 Å². The van der Waals surface area contributed by atoms with Crippen molar-refractivity contribution in [3.05, 3.63) is 54.2 Å². The van der Waals surface area contributed by atoms with E-state index >= 15 is 0 Å². The minimum atomic E-state index is -0.133. The molecule has 3 aromatic rings. The molecule has 0 aliphatic carbocycles. The van der Waals surface area contributed by atoms with E-state index < -0.39 is 0 Å². The molecule has 24 heavy (non-hydrogen) atoms. The zero-order valence-corrected chi connectivity index (χ0v) is 13.9. The van der Waals surface area contributed by atoms with Crippen LogP contribution in [0.5, 0.6) is 0 Å². The Morgan fingerprint density at radius 1 is 1.29 bits per heavy atom. The zero-order chi connectivity index (χ0) is 16.9. The van der Waals surface area contributed by atoms with Gasteiger partial charge in [0.05, 0.1) is 11.9 Å². The first kappa shape index (κ1) is 16.1. The molecule has 0 aliphatic heterocycles. The summed E-state index contributed by atoms with van der Waals surface area (Å²) in [4.78, 5) is 25.1. The standard InChI is InChI=1S/C18H21N5O/c1-13(2)11-23-12-22-16-8-15(10-21-17(16)23)18(24)20-7-5-14-4-3-6-19-9-14/h3-4,6,8-10,12-13H,5,7,11H2,1-2H3,(H,20,24). The van der Waals surface area contributed by atoms with Crippen molar-refractivity contribution < 1.29 is 4.79 Å². The Bertz CT molecular complexity index is 826. The normalized spacial score (nSPS) is 11.1. The molecule has 124 valence electrons. The minimum absolute atomic E-state index is 0.133. The molecule has 0 saturated carbocycles. The number of fused-ring (bicyclic) bond motifs is 1. The van der Waals surface area contributed by atoms with Crippen LogP contribution in [0, 0.1) is 5.92 Å². The third kappa shape index (κ3) is 3.76. The lowest BCUT2D eigenvalue weighted by molar-refractivity contribution is 0.0954. The van der Waals surface area contributed by atoms with Crippen LogP contribution in [0.2, 0.25) is 0 Å². The minimum Gasteiger partial charge on any atom is -0.352 e. The van der Waals surface area contributed by atoms with Gasteiger partial charge >= 0.3 is 0 Å². The lowest BCUT2D eigenvalue weighted by Gasteiger charge is -2.07. The van der Waals surface area contributed by atoms with Crippen LogP contribution in [0.15, 0.2) is 43.1 Å². The Morgan fingerprint density at radius 3 is 2.92 bits per heavy atom. The number of carbonyl (C=O) groups excluding carboxylic acids is 1. The summed E-state index contributed by atoms with van der Waals surface area (Å²) in [5, 5.41) is 2.91. The highest BCUT2D eigenvalue weighted by Gasteiger charge is 2.11. The number of aromatic nitrogens is 4. The van der Waals surface area contributed by atoms with Gasteiger partial charge in [0.15, 0.2) is 5.65 Å². The average Bonchev–Trinajstić information content (AvgIpc) is 2.97. The van der Waals surface area contributed by atoms with Gasteiger partial charge in [0.1, 0.15) is 5.52 Å². The molecule has 0 atom stereocenters. The van der Waals surface area contributed by atoms with Crippen molar-refractivity contribution in [3.8, 4) is 0 Å². The Labute approximate surface area is 141 Å². The van der Waals surface area contributed by atoms with Crippen LogP contribution in [0.1, 0.15) is 29.8 Å². The number of pyridine rings is 2. The first-order valence-corrected chi connectivity index (χ1v) is 8.11. The van der Waals surface area contributed by atoms with Gasteiger partial charge in [0, 0.05) is 31.7 Å². The molecule has 0 fully saturated rings. The number of hydrogen-bond acceptors (Lipinski definition) is 4. The van der Waals surface area contributed by atoms with Crippen LogP contribution in [0.25, 0.3) is 11.2 Å². The lowest BCUT2D eigenvalue weighted by Crippen LogP contribution is -2.25. The van der Waals surface area contributed by atoms with E-state index in [0.717, 1.165) is 29.7 Å². The second-order valence-electron chi connectivity index (χ2n) is 6.22. The number of carbonyl (C=O) groups is 1. The molecule has 0 aromatic carbocycles. The Morgan fingerprint density at radius 2 is 2.17 bits per heavy atom. The highest BCUT2D eigenvalue weighted by atomic mass is 16.1. The molecule has 0 spiro atoms. The summed E-state index contributed by atoms with van der Waals surface area (Å²) in [6.45, 7) is 5.72. The quantitative estimate of drug-likeness (QED) is 0.756. The lowest BCUT2D eigenvalue weighted by atomic mass is 10.2. The van der Waals surface area contributed by atoms with E-state index in [4.69, 9.17) is 0 Å². The van der Waals surface area contributed by atoms with Crippen LogP contribution in [0.3, 0.4) is 0 Å². The van der Waals surface area contributed by atoms with E-state index in [1.807, 2.05) is 16.7 Å². The van der Waals surface area contributed by atoms with Crippen molar-refractivity contribution in [1.29, 1.82) is 0 Å². The van der Waals surface area contributed by atoms with Crippen molar-refractivity contribution in [2.24, 2.45) is 5.92 Å². The maximum absolute atomic E-state index is 12.3. The number of amides is 1. The molecule has 1 amide bonds. The summed E-state index contributed by atoms with van der Waals surface area (Å²) in [5.74, 6) is 0.381. The Balaban J connectivity index is 1.64. The molecule has 3 rings (SSSR count). The fraction of sp³-hybridized carbons (Fsp3) is 0.333. The molecule has 6 nitrogen and oxygen atoms in total. The summed E-state index contributed by atoms with van der Waals surface area (Å²) in [6.07, 6.45) is 7.68. The largest absolute Gasteiger partial charge is 0.352 e. The summed E-state index contributed by atoms with van der Waals surface area (Å²) in [6, 6.07) is 5.68. The zero-order valence-electron chi connectivity index (χ0n) is 13.9. The van der Waals surface area contributed by atoms with Gasteiger partial charge in [-0.1, -0.05) is 19.9 Å².